The van der Waals surface area contributed by atoms with Gasteiger partial charge in [0.25, 0.3) is 0 Å². The molecule has 0 saturated heterocycles. The Balaban J connectivity index is 2.72. The van der Waals surface area contributed by atoms with Crippen molar-refractivity contribution in [2.75, 3.05) is 19.0 Å². The molecule has 0 aromatic heterocycles. The maximum atomic E-state index is 11.9. The number of hydrogen-bond acceptors (Lipinski definition) is 3. The number of nitrogens with one attached hydrogen (secondary N) is 1. The molecule has 0 aliphatic carbocycles. The van der Waals surface area contributed by atoms with E-state index >= 15 is 0 Å². The van der Waals surface area contributed by atoms with Crippen molar-refractivity contribution in [3.8, 4) is 11.8 Å². The van der Waals surface area contributed by atoms with Crippen LogP contribution in [-0.2, 0) is 9.53 Å². The van der Waals surface area contributed by atoms with E-state index in [0.717, 1.165) is 16.8 Å². The number of amides is 1. The van der Waals surface area contributed by atoms with E-state index in [1.54, 1.807) is 7.11 Å². The van der Waals surface area contributed by atoms with E-state index in [1.165, 1.54) is 0 Å². The molecule has 0 bridgehead atoms. The van der Waals surface area contributed by atoms with Crippen LogP contribution in [0.25, 0.3) is 0 Å². The average molecular weight is 289 g/mol. The first kappa shape index (κ1) is 17.2. The third-order valence-corrected chi connectivity index (χ3v) is 3.11. The fourth-order valence-corrected chi connectivity index (χ4v) is 1.76. The summed E-state index contributed by atoms with van der Waals surface area (Å²) in [5, 5.41) is 11.6. The van der Waals surface area contributed by atoms with Gasteiger partial charge in [-0.15, -0.1) is 0 Å². The van der Waals surface area contributed by atoms with Crippen LogP contribution in [0.1, 0.15) is 37.8 Å². The zero-order valence-electron chi connectivity index (χ0n) is 13.1. The van der Waals surface area contributed by atoms with Gasteiger partial charge in [-0.2, -0.15) is 0 Å². The first-order valence-electron chi connectivity index (χ1n) is 6.93. The smallest absolute Gasteiger partial charge is 0.227 e. The Bertz CT molecular complexity index is 553. The predicted molar refractivity (Wildman–Crippen MR) is 84.1 cm³/mol. The van der Waals surface area contributed by atoms with Gasteiger partial charge in [0.1, 0.15) is 0 Å². The number of benzene rings is 1. The molecule has 21 heavy (non-hydrogen) atoms. The first-order chi connectivity index (χ1) is 9.88. The van der Waals surface area contributed by atoms with Gasteiger partial charge in [-0.1, -0.05) is 11.8 Å². The van der Waals surface area contributed by atoms with E-state index in [9.17, 15) is 4.79 Å². The van der Waals surface area contributed by atoms with Gasteiger partial charge in [0.05, 0.1) is 18.6 Å². The molecule has 2 N–H and O–H groups in total. The van der Waals surface area contributed by atoms with E-state index < -0.39 is 5.60 Å². The summed E-state index contributed by atoms with van der Waals surface area (Å²) < 4.78 is 5.24. The third-order valence-electron chi connectivity index (χ3n) is 3.11. The lowest BCUT2D eigenvalue weighted by Gasteiger charge is -2.22. The quantitative estimate of drug-likeness (QED) is 0.819. The first-order valence-corrected chi connectivity index (χ1v) is 6.93. The van der Waals surface area contributed by atoms with Gasteiger partial charge in [0.2, 0.25) is 5.91 Å². The fraction of sp³-hybridized carbons (Fsp3) is 0.471. The topological polar surface area (TPSA) is 58.6 Å². The van der Waals surface area contributed by atoms with Crippen LogP contribution < -0.4 is 5.32 Å². The van der Waals surface area contributed by atoms with Crippen molar-refractivity contribution in [3.05, 3.63) is 29.3 Å². The van der Waals surface area contributed by atoms with Crippen LogP contribution in [0.2, 0.25) is 0 Å². The van der Waals surface area contributed by atoms with E-state index in [1.807, 2.05) is 39.0 Å². The number of methoxy groups -OCH3 is 1. The number of aliphatic hydroxyl groups is 1. The molecule has 1 amide bonds. The monoisotopic (exact) mass is 289 g/mol. The van der Waals surface area contributed by atoms with Crippen LogP contribution in [0.15, 0.2) is 18.2 Å². The zero-order chi connectivity index (χ0) is 15.9. The Morgan fingerprint density at radius 1 is 1.43 bits per heavy atom. The minimum atomic E-state index is -0.477. The van der Waals surface area contributed by atoms with Crippen molar-refractivity contribution in [2.24, 2.45) is 0 Å². The highest BCUT2D eigenvalue weighted by molar-refractivity contribution is 5.91. The standard InChI is InChI=1S/C17H23NO3/c1-13-11-15(9-8-14(13)7-5-6-10-19)18-16(20)12-17(2,3)21-4/h8-9,11,19H,6,10,12H2,1-4H3,(H,18,20). The molecule has 1 aromatic carbocycles. The van der Waals surface area contributed by atoms with Gasteiger partial charge >= 0.3 is 0 Å². The fourth-order valence-electron chi connectivity index (χ4n) is 1.76. The highest BCUT2D eigenvalue weighted by Gasteiger charge is 2.21. The van der Waals surface area contributed by atoms with Gasteiger partial charge < -0.3 is 15.2 Å². The molecule has 1 aromatic rings. The molecule has 0 atom stereocenters. The minimum absolute atomic E-state index is 0.0650. The minimum Gasteiger partial charge on any atom is -0.395 e. The van der Waals surface area contributed by atoms with E-state index in [4.69, 9.17) is 9.84 Å². The van der Waals surface area contributed by atoms with Crippen molar-refractivity contribution in [3.63, 3.8) is 0 Å². The summed E-state index contributed by atoms with van der Waals surface area (Å²) in [6.45, 7) is 5.75. The molecule has 0 aliphatic heterocycles. The molecule has 4 nitrogen and oxygen atoms in total. The lowest BCUT2D eigenvalue weighted by Crippen LogP contribution is -2.29. The normalized spacial score (nSPS) is 10.7. The molecule has 4 heteroatoms. The molecule has 114 valence electrons. The highest BCUT2D eigenvalue weighted by atomic mass is 16.5. The maximum Gasteiger partial charge on any atom is 0.227 e. The van der Waals surface area contributed by atoms with Gasteiger partial charge in [-0.25, -0.2) is 0 Å². The van der Waals surface area contributed by atoms with Crippen molar-refractivity contribution in [1.29, 1.82) is 0 Å². The molecular weight excluding hydrogens is 266 g/mol. The molecule has 0 spiro atoms. The molecule has 0 aliphatic rings. The van der Waals surface area contributed by atoms with Crippen molar-refractivity contribution in [1.82, 2.24) is 0 Å². The largest absolute Gasteiger partial charge is 0.395 e. The number of carbonyl (C=O) groups is 1. The summed E-state index contributed by atoms with van der Waals surface area (Å²) in [6.07, 6.45) is 0.755. The van der Waals surface area contributed by atoms with Crippen molar-refractivity contribution < 1.29 is 14.6 Å². The average Bonchev–Trinajstić information content (AvgIpc) is 2.40. The van der Waals surface area contributed by atoms with E-state index in [-0.39, 0.29) is 12.5 Å². The Labute approximate surface area is 126 Å². The SMILES string of the molecule is COC(C)(C)CC(=O)Nc1ccc(C#CCCO)c(C)c1. The Morgan fingerprint density at radius 3 is 2.71 bits per heavy atom. The van der Waals surface area contributed by atoms with Gasteiger partial charge in [-0.05, 0) is 44.5 Å². The summed E-state index contributed by atoms with van der Waals surface area (Å²) in [5.41, 5.74) is 2.16. The predicted octanol–water partition coefficient (Wildman–Crippen LogP) is 2.48. The number of aliphatic hydroxyl groups excluding tert-OH is 1. The number of carbonyl (C=O) groups excluding carboxylic acids is 1. The van der Waals surface area contributed by atoms with Crippen LogP contribution >= 0.6 is 0 Å². The molecule has 0 saturated carbocycles. The van der Waals surface area contributed by atoms with Crippen LogP contribution in [0.5, 0.6) is 0 Å². The summed E-state index contributed by atoms with van der Waals surface area (Å²) in [4.78, 5) is 11.9. The van der Waals surface area contributed by atoms with Gasteiger partial charge in [0.15, 0.2) is 0 Å². The summed E-state index contributed by atoms with van der Waals surface area (Å²) in [5.74, 6) is 5.80. The Morgan fingerprint density at radius 2 is 2.14 bits per heavy atom. The summed E-state index contributed by atoms with van der Waals surface area (Å²) >= 11 is 0. The summed E-state index contributed by atoms with van der Waals surface area (Å²) in [7, 11) is 1.59. The van der Waals surface area contributed by atoms with E-state index in [2.05, 4.69) is 17.2 Å². The Kier molecular flexibility index (Phi) is 6.41. The van der Waals surface area contributed by atoms with Crippen LogP contribution in [-0.4, -0.2) is 30.3 Å². The molecule has 0 radical (unpaired) electrons. The molecule has 1 rings (SSSR count). The van der Waals surface area contributed by atoms with Crippen LogP contribution in [0.4, 0.5) is 5.69 Å². The highest BCUT2D eigenvalue weighted by Crippen LogP contribution is 2.17. The number of hydrogen-bond donors (Lipinski definition) is 2. The van der Waals surface area contributed by atoms with Gasteiger partial charge in [0, 0.05) is 24.8 Å². The molecular formula is C17H23NO3. The zero-order valence-corrected chi connectivity index (χ0v) is 13.1. The molecule has 0 heterocycles. The van der Waals surface area contributed by atoms with Crippen molar-refractivity contribution in [2.45, 2.75) is 39.2 Å². The van der Waals surface area contributed by atoms with E-state index in [0.29, 0.717) is 12.8 Å². The second-order valence-corrected chi connectivity index (χ2v) is 5.49. The number of anilines is 1. The summed E-state index contributed by atoms with van der Waals surface area (Å²) in [6, 6.07) is 5.59. The lowest BCUT2D eigenvalue weighted by molar-refractivity contribution is -0.121. The number of aryl methyl sites for hydroxylation is 1. The van der Waals surface area contributed by atoms with Gasteiger partial charge in [-0.3, -0.25) is 4.79 Å². The lowest BCUT2D eigenvalue weighted by atomic mass is 10.0. The third kappa shape index (κ3) is 5.99. The maximum absolute atomic E-state index is 11.9. The van der Waals surface area contributed by atoms with Crippen LogP contribution in [0, 0.1) is 18.8 Å². The molecule has 0 unspecified atom stereocenters. The second-order valence-electron chi connectivity index (χ2n) is 5.49. The Hall–Kier alpha value is -1.83. The number of rotatable bonds is 5. The molecule has 0 fully saturated rings. The van der Waals surface area contributed by atoms with Crippen molar-refractivity contribution >= 4 is 11.6 Å². The second kappa shape index (κ2) is 7.82. The number of ether oxygens (including phenoxy) is 1. The van der Waals surface area contributed by atoms with Crippen LogP contribution in [0.3, 0.4) is 0 Å².